The summed E-state index contributed by atoms with van der Waals surface area (Å²) in [7, 11) is 0. The Kier molecular flexibility index (Phi) is 4.15. The van der Waals surface area contributed by atoms with Crippen molar-refractivity contribution in [1.29, 1.82) is 0 Å². The van der Waals surface area contributed by atoms with Crippen LogP contribution in [0.25, 0.3) is 0 Å². The van der Waals surface area contributed by atoms with Crippen LogP contribution in [-0.2, 0) is 4.79 Å². The van der Waals surface area contributed by atoms with Crippen LogP contribution in [0, 0.1) is 0 Å². The van der Waals surface area contributed by atoms with Crippen LogP contribution in [0.2, 0.25) is 0 Å². The highest BCUT2D eigenvalue weighted by atomic mass is 16.5. The fourth-order valence-corrected chi connectivity index (χ4v) is 1.55. The molecule has 0 bridgehead atoms. The molecule has 1 aromatic rings. The summed E-state index contributed by atoms with van der Waals surface area (Å²) in [6, 6.07) is 6.97. The first-order valence-corrected chi connectivity index (χ1v) is 5.83. The molecule has 1 N–H and O–H groups in total. The number of hydrogen-bond acceptors (Lipinski definition) is 4. The Bertz CT molecular complexity index is 555. The van der Waals surface area contributed by atoms with E-state index in [0.717, 1.165) is 0 Å². The van der Waals surface area contributed by atoms with Gasteiger partial charge < -0.3 is 14.6 Å². The first-order valence-electron chi connectivity index (χ1n) is 5.83. The summed E-state index contributed by atoms with van der Waals surface area (Å²) in [5, 5.41) is 8.70. The van der Waals surface area contributed by atoms with E-state index in [1.54, 1.807) is 30.3 Å². The molecule has 0 aliphatic heterocycles. The maximum atomic E-state index is 11.3. The van der Waals surface area contributed by atoms with E-state index in [-0.39, 0.29) is 19.0 Å². The highest BCUT2D eigenvalue weighted by Crippen LogP contribution is 2.24. The molecular formula is C15H14O4. The van der Waals surface area contributed by atoms with Gasteiger partial charge in [-0.1, -0.05) is 12.6 Å². The van der Waals surface area contributed by atoms with Crippen molar-refractivity contribution >= 4 is 5.78 Å². The van der Waals surface area contributed by atoms with Crippen molar-refractivity contribution < 1.29 is 19.4 Å². The Morgan fingerprint density at radius 1 is 1.21 bits per heavy atom. The van der Waals surface area contributed by atoms with Gasteiger partial charge in [-0.25, -0.2) is 0 Å². The number of rotatable bonds is 5. The van der Waals surface area contributed by atoms with Crippen molar-refractivity contribution in [2.24, 2.45) is 0 Å². The van der Waals surface area contributed by atoms with Gasteiger partial charge in [-0.3, -0.25) is 4.79 Å². The molecule has 0 spiro atoms. The van der Waals surface area contributed by atoms with Gasteiger partial charge in [0, 0.05) is 17.7 Å². The second-order valence-electron chi connectivity index (χ2n) is 3.92. The minimum Gasteiger partial charge on any atom is -0.491 e. The lowest BCUT2D eigenvalue weighted by Crippen LogP contribution is -2.05. The molecule has 0 saturated carbocycles. The summed E-state index contributed by atoms with van der Waals surface area (Å²) in [6.45, 7) is 3.97. The molecule has 0 radical (unpaired) electrons. The van der Waals surface area contributed by atoms with Gasteiger partial charge in [0.25, 0.3) is 0 Å². The van der Waals surface area contributed by atoms with Gasteiger partial charge in [0.1, 0.15) is 23.9 Å². The van der Waals surface area contributed by atoms with Gasteiger partial charge in [0.05, 0.1) is 6.61 Å². The highest BCUT2D eigenvalue weighted by molar-refractivity contribution is 6.02. The van der Waals surface area contributed by atoms with Crippen LogP contribution >= 0.6 is 0 Å². The van der Waals surface area contributed by atoms with Gasteiger partial charge in [-0.2, -0.15) is 0 Å². The zero-order valence-corrected chi connectivity index (χ0v) is 10.3. The van der Waals surface area contributed by atoms with Crippen LogP contribution in [0.15, 0.2) is 60.4 Å². The first-order chi connectivity index (χ1) is 9.19. The van der Waals surface area contributed by atoms with Crippen LogP contribution in [-0.4, -0.2) is 24.1 Å². The van der Waals surface area contributed by atoms with Crippen LogP contribution in [0.5, 0.6) is 11.5 Å². The van der Waals surface area contributed by atoms with E-state index in [0.29, 0.717) is 22.8 Å². The largest absolute Gasteiger partial charge is 0.491 e. The third-order valence-corrected chi connectivity index (χ3v) is 2.43. The predicted octanol–water partition coefficient (Wildman–Crippen LogP) is 2.02. The third kappa shape index (κ3) is 3.56. The second-order valence-corrected chi connectivity index (χ2v) is 3.92. The zero-order chi connectivity index (χ0) is 13.7. The smallest absolute Gasteiger partial charge is 0.182 e. The Balaban J connectivity index is 2.10. The highest BCUT2D eigenvalue weighted by Gasteiger charge is 2.10. The predicted molar refractivity (Wildman–Crippen MR) is 71.0 cm³/mol. The zero-order valence-electron chi connectivity index (χ0n) is 10.3. The molecule has 2 rings (SSSR count). The summed E-state index contributed by atoms with van der Waals surface area (Å²) in [4.78, 5) is 11.3. The number of carbonyl (C=O) groups excluding carboxylic acids is 1. The van der Waals surface area contributed by atoms with Gasteiger partial charge in [0.15, 0.2) is 5.78 Å². The van der Waals surface area contributed by atoms with Gasteiger partial charge in [0.2, 0.25) is 0 Å². The van der Waals surface area contributed by atoms with Crippen LogP contribution in [0.3, 0.4) is 0 Å². The number of hydrogen-bond donors (Lipinski definition) is 1. The molecule has 4 nitrogen and oxygen atoms in total. The maximum absolute atomic E-state index is 11.3. The molecule has 0 fully saturated rings. The topological polar surface area (TPSA) is 55.8 Å². The molecule has 1 aliphatic carbocycles. The monoisotopic (exact) mass is 258 g/mol. The fraction of sp³-hybridized carbons (Fsp3) is 0.133. The minimum atomic E-state index is -0.130. The molecule has 1 aliphatic rings. The average Bonchev–Trinajstić information content (AvgIpc) is 2.41. The van der Waals surface area contributed by atoms with Crippen LogP contribution < -0.4 is 9.47 Å². The van der Waals surface area contributed by atoms with E-state index in [2.05, 4.69) is 6.58 Å². The minimum absolute atomic E-state index is 0.0493. The van der Waals surface area contributed by atoms with Crippen molar-refractivity contribution in [3.63, 3.8) is 0 Å². The normalized spacial score (nSPS) is 14.3. The van der Waals surface area contributed by atoms with Crippen molar-refractivity contribution in [1.82, 2.24) is 0 Å². The molecule has 4 heteroatoms. The number of allylic oxidation sites excluding steroid dienone is 3. The molecule has 0 saturated heterocycles. The van der Waals surface area contributed by atoms with Gasteiger partial charge in [-0.15, -0.1) is 0 Å². The molecule has 1 aromatic carbocycles. The first kappa shape index (κ1) is 13.1. The van der Waals surface area contributed by atoms with Crippen molar-refractivity contribution in [2.45, 2.75) is 0 Å². The summed E-state index contributed by atoms with van der Waals surface area (Å²) in [6.07, 6.45) is 4.45. The molecule has 0 aromatic heterocycles. The number of carbonyl (C=O) groups is 1. The molecule has 0 heterocycles. The quantitative estimate of drug-likeness (QED) is 0.877. The summed E-state index contributed by atoms with van der Waals surface area (Å²) < 4.78 is 10.9. The number of ketones is 1. The molecule has 98 valence electrons. The van der Waals surface area contributed by atoms with E-state index >= 15 is 0 Å². The third-order valence-electron chi connectivity index (χ3n) is 2.43. The van der Waals surface area contributed by atoms with Crippen molar-refractivity contribution in [3.8, 4) is 11.5 Å². The fourth-order valence-electron chi connectivity index (χ4n) is 1.55. The van der Waals surface area contributed by atoms with Crippen molar-refractivity contribution in [2.75, 3.05) is 13.2 Å². The Morgan fingerprint density at radius 2 is 2.00 bits per heavy atom. The summed E-state index contributed by atoms with van der Waals surface area (Å²) in [5.74, 6) is 1.43. The second kappa shape index (κ2) is 6.02. The lowest BCUT2D eigenvalue weighted by atomic mass is 10.1. The molecule has 0 unspecified atom stereocenters. The van der Waals surface area contributed by atoms with Gasteiger partial charge in [-0.05, 0) is 24.3 Å². The van der Waals surface area contributed by atoms with Crippen LogP contribution in [0.4, 0.5) is 0 Å². The number of aliphatic hydroxyl groups is 1. The average molecular weight is 258 g/mol. The maximum Gasteiger partial charge on any atom is 0.182 e. The molecule has 19 heavy (non-hydrogen) atoms. The molecule has 0 atom stereocenters. The summed E-state index contributed by atoms with van der Waals surface area (Å²) >= 11 is 0. The van der Waals surface area contributed by atoms with Crippen molar-refractivity contribution in [3.05, 3.63) is 60.4 Å². The van der Waals surface area contributed by atoms with E-state index in [4.69, 9.17) is 14.6 Å². The van der Waals surface area contributed by atoms with E-state index < -0.39 is 0 Å². The molecular weight excluding hydrogens is 244 g/mol. The van der Waals surface area contributed by atoms with Gasteiger partial charge >= 0.3 is 0 Å². The molecule has 0 amide bonds. The standard InChI is InChI=1S/C15H14O4/c1-11-5-6-12(17)9-15(11)19-14-4-2-3-13(10-14)18-8-7-16/h2-6,9-10,16H,1,7-8H2. The number of benzene rings is 1. The SMILES string of the molecule is C=C1C=CC(=O)C=C1Oc1cccc(OCCO)c1. The lowest BCUT2D eigenvalue weighted by molar-refractivity contribution is -0.110. The number of aliphatic hydroxyl groups excluding tert-OH is 1. The Morgan fingerprint density at radius 3 is 2.79 bits per heavy atom. The van der Waals surface area contributed by atoms with Crippen LogP contribution in [0.1, 0.15) is 0 Å². The van der Waals surface area contributed by atoms with E-state index in [9.17, 15) is 4.79 Å². The van der Waals surface area contributed by atoms with E-state index in [1.807, 2.05) is 0 Å². The summed E-state index contributed by atoms with van der Waals surface area (Å²) in [5.41, 5.74) is 0.640. The Hall–Kier alpha value is -2.33. The number of ether oxygens (including phenoxy) is 2. The Labute approximate surface area is 111 Å². The lowest BCUT2D eigenvalue weighted by Gasteiger charge is -2.13. The van der Waals surface area contributed by atoms with E-state index in [1.165, 1.54) is 12.2 Å².